The van der Waals surface area contributed by atoms with Crippen molar-refractivity contribution in [3.05, 3.63) is 182 Å². The summed E-state index contributed by atoms with van der Waals surface area (Å²) in [5, 5.41) is 20.6. The van der Waals surface area contributed by atoms with Crippen molar-refractivity contribution in [2.24, 2.45) is 0 Å². The normalized spacial score (nSPS) is 15.2. The highest BCUT2D eigenvalue weighted by Crippen LogP contribution is 2.45. The largest absolute Gasteiger partial charge is 0.472 e. The topological polar surface area (TPSA) is 231 Å². The van der Waals surface area contributed by atoms with E-state index in [2.05, 4.69) is 185 Å². The summed E-state index contributed by atoms with van der Waals surface area (Å²) in [5.74, 6) is -1.73. The molecule has 18 heteroatoms. The average molecular weight is 1370 g/mol. The maximum absolute atomic E-state index is 12.9. The second-order valence-corrected chi connectivity index (χ2v) is 25.4. The smallest absolute Gasteiger partial charge is 0.463 e. The highest BCUT2D eigenvalue weighted by atomic mass is 31.2. The van der Waals surface area contributed by atoms with Crippen LogP contribution in [0.3, 0.4) is 0 Å². The van der Waals surface area contributed by atoms with Gasteiger partial charge in [-0.05, 0) is 141 Å². The first kappa shape index (κ1) is 89.6. The Bertz CT molecular complexity index is 2460. The molecule has 0 aromatic rings. The molecular weight excluding hydrogens is 1240 g/mol. The lowest BCUT2D eigenvalue weighted by Gasteiger charge is -2.21. The molecule has 95 heavy (non-hydrogen) atoms. The molecule has 4 N–H and O–H groups in total. The predicted octanol–water partition coefficient (Wildman–Crippen LogP) is 19.9. The van der Waals surface area contributed by atoms with Crippen LogP contribution in [0.15, 0.2) is 182 Å². The van der Waals surface area contributed by atoms with Gasteiger partial charge in [0, 0.05) is 19.3 Å². The molecule has 0 aromatic heterocycles. The summed E-state index contributed by atoms with van der Waals surface area (Å²) < 4.78 is 60.8. The highest BCUT2D eigenvalue weighted by Gasteiger charge is 2.29. The number of aliphatic hydroxyl groups excluding tert-OH is 2. The number of unbranched alkanes of at least 4 members (excludes halogenated alkanes) is 11. The minimum atomic E-state index is -4.96. The third-order valence-corrected chi connectivity index (χ3v) is 15.5. The molecule has 0 amide bonds. The zero-order chi connectivity index (χ0) is 69.5. The van der Waals surface area contributed by atoms with Gasteiger partial charge in [-0.15, -0.1) is 0 Å². The van der Waals surface area contributed by atoms with Gasteiger partial charge in [0.25, 0.3) is 0 Å². The van der Waals surface area contributed by atoms with Gasteiger partial charge in [-0.2, -0.15) is 0 Å². The first-order valence-electron chi connectivity index (χ1n) is 35.1. The summed E-state index contributed by atoms with van der Waals surface area (Å²) in [4.78, 5) is 58.4. The van der Waals surface area contributed by atoms with Crippen molar-refractivity contribution in [1.82, 2.24) is 0 Å². The van der Waals surface area contributed by atoms with E-state index in [0.717, 1.165) is 161 Å². The molecule has 0 spiro atoms. The number of hydrogen-bond donors (Lipinski definition) is 4. The zero-order valence-electron chi connectivity index (χ0n) is 58.0. The fourth-order valence-corrected chi connectivity index (χ4v) is 9.96. The molecule has 0 rings (SSSR count). The maximum Gasteiger partial charge on any atom is 0.472 e. The molecule has 5 unspecified atom stereocenters. The first-order chi connectivity index (χ1) is 46.2. The first-order valence-corrected chi connectivity index (χ1v) is 38.1. The number of carbonyl (C=O) groups is 3. The average Bonchev–Trinajstić information content (AvgIpc) is 2.35. The third-order valence-electron chi connectivity index (χ3n) is 13.6. The predicted molar refractivity (Wildman–Crippen MR) is 389 cm³/mol. The quantitative estimate of drug-likeness (QED) is 0.0146. The number of carbonyl (C=O) groups excluding carboxylic acids is 3. The van der Waals surface area contributed by atoms with Crippen LogP contribution in [0.25, 0.3) is 0 Å². The van der Waals surface area contributed by atoms with Crippen LogP contribution in [-0.2, 0) is 55.8 Å². The Labute approximate surface area is 573 Å². The molecule has 0 saturated heterocycles. The van der Waals surface area contributed by atoms with E-state index in [1.165, 1.54) is 0 Å². The lowest BCUT2D eigenvalue weighted by atomic mass is 10.1. The monoisotopic (exact) mass is 1360 g/mol. The van der Waals surface area contributed by atoms with Crippen LogP contribution in [-0.4, -0.2) is 95.9 Å². The van der Waals surface area contributed by atoms with Crippen LogP contribution in [0.2, 0.25) is 0 Å². The standard InChI is InChI=1S/C77H122O16P2/c1-4-7-10-13-16-19-22-25-28-31-33-34-35-36-38-41-42-45-48-51-54-57-60-63-75(80)87-66-72(78)67-89-94(83,84)90-68-73(79)69-91-95(85,86)92-71-74(93-77(82)65-62-59-56-53-50-47-44-39-30-27-24-21-18-15-12-9-6-3)70-88-76(81)64-61-58-55-52-49-46-43-40-37-32-29-26-23-20-17-14-11-8-5-2/h7-12,16-21,25-30,33-34,36-38,40,44,46-47,49,55,58,72-74,78-79H,4-6,13-15,22-24,31-32,35,39,41-43,45,48,50-54,56-57,59-71H2,1-3H3,(H,83,84)(H,85,86)/b10-7-,11-8-,12-9-,19-16-,20-17-,21-18-,28-25-,29-26-,30-27-,34-33-,38-36-,40-37-,47-44-,49-46-,58-55-. The van der Waals surface area contributed by atoms with Crippen LogP contribution in [0.1, 0.15) is 226 Å². The summed E-state index contributed by atoms with van der Waals surface area (Å²) in [6, 6.07) is 0. The van der Waals surface area contributed by atoms with Crippen LogP contribution in [0.5, 0.6) is 0 Å². The van der Waals surface area contributed by atoms with E-state index in [-0.39, 0.29) is 19.3 Å². The number of ether oxygens (including phenoxy) is 3. The van der Waals surface area contributed by atoms with Crippen LogP contribution in [0, 0.1) is 0 Å². The van der Waals surface area contributed by atoms with E-state index in [4.69, 9.17) is 32.3 Å². The Morgan fingerprint density at radius 1 is 0.295 bits per heavy atom. The van der Waals surface area contributed by atoms with Crippen molar-refractivity contribution < 1.29 is 75.8 Å². The third kappa shape index (κ3) is 69.8. The second-order valence-electron chi connectivity index (χ2n) is 22.5. The van der Waals surface area contributed by atoms with Crippen LogP contribution >= 0.6 is 15.6 Å². The molecule has 0 aliphatic carbocycles. The molecule has 0 aliphatic rings. The molecular formula is C77H122O16P2. The van der Waals surface area contributed by atoms with Gasteiger partial charge >= 0.3 is 33.6 Å². The fourth-order valence-electron chi connectivity index (χ4n) is 8.38. The second kappa shape index (κ2) is 68.6. The van der Waals surface area contributed by atoms with E-state index in [0.29, 0.717) is 25.7 Å². The van der Waals surface area contributed by atoms with E-state index in [1.54, 1.807) is 0 Å². The molecule has 0 aliphatic heterocycles. The Hall–Kier alpha value is -5.35. The van der Waals surface area contributed by atoms with Crippen molar-refractivity contribution in [2.45, 2.75) is 245 Å². The molecule has 0 bridgehead atoms. The van der Waals surface area contributed by atoms with Gasteiger partial charge in [0.15, 0.2) is 6.10 Å². The number of phosphoric ester groups is 2. The lowest BCUT2D eigenvalue weighted by Crippen LogP contribution is -2.30. The van der Waals surface area contributed by atoms with Gasteiger partial charge in [-0.1, -0.05) is 248 Å². The molecule has 0 radical (unpaired) electrons. The Morgan fingerprint density at radius 2 is 0.547 bits per heavy atom. The summed E-state index contributed by atoms with van der Waals surface area (Å²) in [6.07, 6.45) is 86.7. The van der Waals surface area contributed by atoms with Gasteiger partial charge in [0.2, 0.25) is 0 Å². The van der Waals surface area contributed by atoms with Gasteiger partial charge < -0.3 is 34.2 Å². The van der Waals surface area contributed by atoms with E-state index >= 15 is 0 Å². The molecule has 536 valence electrons. The molecule has 5 atom stereocenters. The van der Waals surface area contributed by atoms with Crippen LogP contribution < -0.4 is 0 Å². The SMILES string of the molecule is CC/C=C\C/C=C\C/C=C\C/C=C\C/C=C\C/C=C\CCC(=O)OCC(COP(=O)(O)OCC(O)COP(=O)(O)OCC(O)COC(=O)CCCCCCCCC/C=C\C/C=C\C/C=C\C/C=C\C/C=C\CC)OC(=O)CCCCCC/C=C\C/C=C\C/C=C\C/C=C\CC. The summed E-state index contributed by atoms with van der Waals surface area (Å²) in [7, 11) is -9.83. The number of hydrogen-bond acceptors (Lipinski definition) is 14. The molecule has 0 fully saturated rings. The number of esters is 3. The van der Waals surface area contributed by atoms with Crippen molar-refractivity contribution >= 4 is 33.6 Å². The highest BCUT2D eigenvalue weighted by molar-refractivity contribution is 7.47. The van der Waals surface area contributed by atoms with E-state index in [1.807, 2.05) is 18.2 Å². The summed E-state index contributed by atoms with van der Waals surface area (Å²) in [5.41, 5.74) is 0. The number of phosphoric acid groups is 2. The molecule has 0 aromatic carbocycles. The van der Waals surface area contributed by atoms with Crippen molar-refractivity contribution in [3.8, 4) is 0 Å². The van der Waals surface area contributed by atoms with Crippen molar-refractivity contribution in [2.75, 3.05) is 39.6 Å². The summed E-state index contributed by atoms with van der Waals surface area (Å²) in [6.45, 7) is 2.16. The minimum Gasteiger partial charge on any atom is -0.463 e. The number of allylic oxidation sites excluding steroid dienone is 30. The van der Waals surface area contributed by atoms with Crippen LogP contribution in [0.4, 0.5) is 0 Å². The Morgan fingerprint density at radius 3 is 0.895 bits per heavy atom. The summed E-state index contributed by atoms with van der Waals surface area (Å²) >= 11 is 0. The van der Waals surface area contributed by atoms with Gasteiger partial charge in [0.05, 0.1) is 26.4 Å². The van der Waals surface area contributed by atoms with E-state index < -0.39 is 91.5 Å². The fraction of sp³-hybridized carbons (Fsp3) is 0.571. The van der Waals surface area contributed by atoms with Gasteiger partial charge in [-0.3, -0.25) is 32.5 Å². The number of rotatable bonds is 64. The Kier molecular flexibility index (Phi) is 64.7. The molecule has 0 saturated carbocycles. The molecule has 16 nitrogen and oxygen atoms in total. The lowest BCUT2D eigenvalue weighted by molar-refractivity contribution is -0.161. The van der Waals surface area contributed by atoms with Gasteiger partial charge in [-0.25, -0.2) is 9.13 Å². The van der Waals surface area contributed by atoms with Crippen molar-refractivity contribution in [1.29, 1.82) is 0 Å². The van der Waals surface area contributed by atoms with Gasteiger partial charge in [0.1, 0.15) is 25.4 Å². The minimum absolute atomic E-state index is 0.0315. The Balaban J connectivity index is 4.77. The zero-order valence-corrected chi connectivity index (χ0v) is 59.8. The molecule has 0 heterocycles. The van der Waals surface area contributed by atoms with Crippen molar-refractivity contribution in [3.63, 3.8) is 0 Å². The number of aliphatic hydroxyl groups is 2. The van der Waals surface area contributed by atoms with E-state index in [9.17, 15) is 43.5 Å². The maximum atomic E-state index is 12.9.